The molecule has 1 aliphatic rings. The second-order valence-corrected chi connectivity index (χ2v) is 7.03. The van der Waals surface area contributed by atoms with Gasteiger partial charge in [0.1, 0.15) is 18.0 Å². The molecule has 29 heavy (non-hydrogen) atoms. The largest absolute Gasteiger partial charge is 0.490 e. The molecule has 1 amide bonds. The van der Waals surface area contributed by atoms with E-state index in [1.165, 1.54) is 19.1 Å². The number of benzene rings is 1. The van der Waals surface area contributed by atoms with Crippen molar-refractivity contribution in [3.63, 3.8) is 0 Å². The molecular formula is C19H21F4NO5. The summed E-state index contributed by atoms with van der Waals surface area (Å²) in [5.74, 6) is -6.53. The van der Waals surface area contributed by atoms with Gasteiger partial charge in [0.2, 0.25) is 5.91 Å². The number of carbonyl (C=O) groups is 3. The highest BCUT2D eigenvalue weighted by Gasteiger charge is 2.45. The van der Waals surface area contributed by atoms with Crippen molar-refractivity contribution in [2.24, 2.45) is 17.6 Å². The smallest absolute Gasteiger partial charge is 0.462 e. The summed E-state index contributed by atoms with van der Waals surface area (Å²) in [4.78, 5) is 34.6. The Morgan fingerprint density at radius 3 is 2.62 bits per heavy atom. The number of ether oxygens (including phenoxy) is 2. The molecule has 0 radical (unpaired) electrons. The number of nitrogens with two attached hydrogens (primary N) is 1. The minimum atomic E-state index is -5.24. The Morgan fingerprint density at radius 1 is 1.34 bits per heavy atom. The number of rotatable bonds is 8. The number of alkyl halides is 3. The number of primary amides is 1. The Labute approximate surface area is 164 Å². The Bertz CT molecular complexity index is 767. The summed E-state index contributed by atoms with van der Waals surface area (Å²) in [5, 5.41) is 0. The monoisotopic (exact) mass is 419 g/mol. The van der Waals surface area contributed by atoms with Crippen molar-refractivity contribution in [2.45, 2.75) is 51.0 Å². The van der Waals surface area contributed by atoms with E-state index in [-0.39, 0.29) is 12.8 Å². The van der Waals surface area contributed by atoms with Gasteiger partial charge in [-0.3, -0.25) is 9.59 Å². The summed E-state index contributed by atoms with van der Waals surface area (Å²) in [6, 6.07) is 5.93. The Kier molecular flexibility index (Phi) is 7.21. The SMILES string of the molecule is CC(C(N)=O)C(CC1CC(CCc2cccc(F)c2)OC1=O)OC(=O)C(F)(F)F. The lowest BCUT2D eigenvalue weighted by atomic mass is 9.90. The molecule has 10 heteroatoms. The van der Waals surface area contributed by atoms with E-state index in [9.17, 15) is 31.9 Å². The van der Waals surface area contributed by atoms with Crippen molar-refractivity contribution in [3.05, 3.63) is 35.6 Å². The maximum Gasteiger partial charge on any atom is 0.490 e. The molecule has 0 aromatic heterocycles. The molecule has 160 valence electrons. The summed E-state index contributed by atoms with van der Waals surface area (Å²) in [6.45, 7) is 1.22. The van der Waals surface area contributed by atoms with Crippen molar-refractivity contribution < 1.29 is 41.4 Å². The van der Waals surface area contributed by atoms with Crippen LogP contribution in [0.15, 0.2) is 24.3 Å². The first-order chi connectivity index (χ1) is 13.5. The van der Waals surface area contributed by atoms with Gasteiger partial charge in [-0.15, -0.1) is 0 Å². The average molecular weight is 419 g/mol. The third kappa shape index (κ3) is 6.43. The van der Waals surface area contributed by atoms with E-state index < -0.39 is 53.9 Å². The van der Waals surface area contributed by atoms with E-state index in [0.29, 0.717) is 18.4 Å². The predicted molar refractivity (Wildman–Crippen MR) is 91.6 cm³/mol. The summed E-state index contributed by atoms with van der Waals surface area (Å²) >= 11 is 0. The molecule has 4 unspecified atom stereocenters. The van der Waals surface area contributed by atoms with Crippen LogP contribution in [0.25, 0.3) is 0 Å². The molecule has 0 saturated carbocycles. The van der Waals surface area contributed by atoms with Crippen LogP contribution in [0.1, 0.15) is 31.7 Å². The van der Waals surface area contributed by atoms with Gasteiger partial charge >= 0.3 is 18.1 Å². The number of hydrogen-bond donors (Lipinski definition) is 1. The van der Waals surface area contributed by atoms with Crippen LogP contribution in [0.4, 0.5) is 17.6 Å². The molecule has 1 aliphatic heterocycles. The lowest BCUT2D eigenvalue weighted by Crippen LogP contribution is -2.39. The minimum Gasteiger partial charge on any atom is -0.462 e. The molecule has 1 heterocycles. The highest BCUT2D eigenvalue weighted by Crippen LogP contribution is 2.31. The first-order valence-corrected chi connectivity index (χ1v) is 8.99. The summed E-state index contributed by atoms with van der Waals surface area (Å²) < 4.78 is 60.4. The van der Waals surface area contributed by atoms with Gasteiger partial charge in [0.15, 0.2) is 0 Å². The summed E-state index contributed by atoms with van der Waals surface area (Å²) in [6.07, 6.45) is -6.57. The molecule has 2 N–H and O–H groups in total. The summed E-state index contributed by atoms with van der Waals surface area (Å²) in [5.41, 5.74) is 5.84. The third-order valence-corrected chi connectivity index (χ3v) is 4.82. The van der Waals surface area contributed by atoms with Crippen LogP contribution < -0.4 is 5.73 Å². The normalized spacial score (nSPS) is 21.3. The van der Waals surface area contributed by atoms with Gasteiger partial charge in [0.25, 0.3) is 0 Å². The maximum atomic E-state index is 13.2. The number of carbonyl (C=O) groups excluding carboxylic acids is 3. The molecule has 1 saturated heterocycles. The fraction of sp³-hybridized carbons (Fsp3) is 0.526. The Morgan fingerprint density at radius 2 is 2.03 bits per heavy atom. The van der Waals surface area contributed by atoms with Crippen molar-refractivity contribution in [2.75, 3.05) is 0 Å². The van der Waals surface area contributed by atoms with Crippen LogP contribution in [0.3, 0.4) is 0 Å². The van der Waals surface area contributed by atoms with Crippen LogP contribution in [-0.4, -0.2) is 36.2 Å². The zero-order valence-electron chi connectivity index (χ0n) is 15.6. The third-order valence-electron chi connectivity index (χ3n) is 4.82. The van der Waals surface area contributed by atoms with Crippen LogP contribution in [0, 0.1) is 17.7 Å². The lowest BCUT2D eigenvalue weighted by molar-refractivity contribution is -0.207. The van der Waals surface area contributed by atoms with Gasteiger partial charge in [0, 0.05) is 0 Å². The molecule has 1 aromatic rings. The predicted octanol–water partition coefficient (Wildman–Crippen LogP) is 2.68. The number of amides is 1. The number of halogens is 4. The van der Waals surface area contributed by atoms with Crippen molar-refractivity contribution in [1.29, 1.82) is 0 Å². The van der Waals surface area contributed by atoms with Crippen LogP contribution in [0.5, 0.6) is 0 Å². The van der Waals surface area contributed by atoms with E-state index in [2.05, 4.69) is 4.74 Å². The molecular weight excluding hydrogens is 398 g/mol. The molecule has 6 nitrogen and oxygen atoms in total. The molecule has 0 bridgehead atoms. The topological polar surface area (TPSA) is 95.7 Å². The molecule has 1 fully saturated rings. The zero-order valence-corrected chi connectivity index (χ0v) is 15.6. The van der Waals surface area contributed by atoms with Crippen LogP contribution in [-0.2, 0) is 30.3 Å². The van der Waals surface area contributed by atoms with Crippen LogP contribution >= 0.6 is 0 Å². The summed E-state index contributed by atoms with van der Waals surface area (Å²) in [7, 11) is 0. The highest BCUT2D eigenvalue weighted by atomic mass is 19.4. The molecule has 4 atom stereocenters. The number of aryl methyl sites for hydroxylation is 1. The highest BCUT2D eigenvalue weighted by molar-refractivity contribution is 5.80. The molecule has 2 rings (SSSR count). The van der Waals surface area contributed by atoms with E-state index in [1.807, 2.05) is 0 Å². The first-order valence-electron chi connectivity index (χ1n) is 8.99. The van der Waals surface area contributed by atoms with Crippen molar-refractivity contribution in [3.8, 4) is 0 Å². The second-order valence-electron chi connectivity index (χ2n) is 7.03. The van der Waals surface area contributed by atoms with E-state index in [1.54, 1.807) is 12.1 Å². The fourth-order valence-electron chi connectivity index (χ4n) is 3.13. The first kappa shape index (κ1) is 22.6. The van der Waals surface area contributed by atoms with Crippen molar-refractivity contribution in [1.82, 2.24) is 0 Å². The fourth-order valence-corrected chi connectivity index (χ4v) is 3.13. The Hall–Kier alpha value is -2.65. The van der Waals surface area contributed by atoms with Gasteiger partial charge in [-0.1, -0.05) is 19.1 Å². The lowest BCUT2D eigenvalue weighted by Gasteiger charge is -2.24. The maximum absolute atomic E-state index is 13.2. The number of esters is 2. The van der Waals surface area contributed by atoms with E-state index in [0.717, 1.165) is 0 Å². The van der Waals surface area contributed by atoms with Gasteiger partial charge < -0.3 is 15.2 Å². The molecule has 0 aliphatic carbocycles. The van der Waals surface area contributed by atoms with Gasteiger partial charge in [0.05, 0.1) is 11.8 Å². The van der Waals surface area contributed by atoms with Gasteiger partial charge in [-0.2, -0.15) is 13.2 Å². The second kappa shape index (κ2) is 9.23. The van der Waals surface area contributed by atoms with E-state index in [4.69, 9.17) is 10.5 Å². The number of cyclic esters (lactones) is 1. The van der Waals surface area contributed by atoms with Gasteiger partial charge in [-0.05, 0) is 43.4 Å². The quantitative estimate of drug-likeness (QED) is 0.516. The van der Waals surface area contributed by atoms with Gasteiger partial charge in [-0.25, -0.2) is 9.18 Å². The van der Waals surface area contributed by atoms with Crippen LogP contribution in [0.2, 0.25) is 0 Å². The van der Waals surface area contributed by atoms with E-state index >= 15 is 0 Å². The standard InChI is InChI=1S/C19H21F4NO5/c1-10(16(24)25)15(29-18(27)19(21,22)23)9-12-8-14(28-17(12)26)6-5-11-3-2-4-13(20)7-11/h2-4,7,10,12,14-15H,5-6,8-9H2,1H3,(H2,24,25). The minimum absolute atomic E-state index is 0.180. The number of hydrogen-bond acceptors (Lipinski definition) is 5. The Balaban J connectivity index is 1.98. The molecule has 1 aromatic carbocycles. The zero-order chi connectivity index (χ0) is 21.8. The average Bonchev–Trinajstić information content (AvgIpc) is 2.97. The molecule has 0 spiro atoms. The van der Waals surface area contributed by atoms with Crippen molar-refractivity contribution >= 4 is 17.8 Å².